The average molecular weight is 644 g/mol. The number of rotatable bonds is 4. The molecular weight excluding hydrogens is 611 g/mol. The topological polar surface area (TPSA) is 49.9 Å². The lowest BCUT2D eigenvalue weighted by atomic mass is 9.83. The third-order valence-electron chi connectivity index (χ3n) is 10.3. The maximum Gasteiger partial charge on any atom is 0.159 e. The summed E-state index contributed by atoms with van der Waals surface area (Å²) in [6, 6.07) is 56.1. The minimum Gasteiger partial charge on any atom is -0.456 e. The highest BCUT2D eigenvalue weighted by Crippen LogP contribution is 2.46. The Hall–Kier alpha value is -6.26. The van der Waals surface area contributed by atoms with Crippen LogP contribution in [0.15, 0.2) is 172 Å². The monoisotopic (exact) mass is 643 g/mol. The van der Waals surface area contributed by atoms with Crippen molar-refractivity contribution in [3.05, 3.63) is 191 Å². The van der Waals surface area contributed by atoms with Crippen molar-refractivity contribution in [2.24, 2.45) is 9.98 Å². The maximum atomic E-state index is 6.66. The molecule has 0 fully saturated rings. The third kappa shape index (κ3) is 4.83. The van der Waals surface area contributed by atoms with Gasteiger partial charge in [0.15, 0.2) is 5.84 Å². The molecule has 2 atom stereocenters. The van der Waals surface area contributed by atoms with Crippen LogP contribution < -0.4 is 5.32 Å². The van der Waals surface area contributed by atoms with Crippen LogP contribution in [0.5, 0.6) is 0 Å². The SMILES string of the molecule is c1ccc(C2=NC(c3ccccc3)NC(c3cc(C4CCc5cc6ccccc6cc5-c5ccccc54)c4c(c3)oc3ccccc34)=N2)cc1. The summed E-state index contributed by atoms with van der Waals surface area (Å²) < 4.78 is 6.66. The molecule has 1 aromatic heterocycles. The van der Waals surface area contributed by atoms with E-state index in [0.717, 1.165) is 51.9 Å². The summed E-state index contributed by atoms with van der Waals surface area (Å²) in [5.41, 5.74) is 11.5. The van der Waals surface area contributed by atoms with Gasteiger partial charge in [-0.15, -0.1) is 0 Å². The molecule has 0 spiro atoms. The molecule has 2 aliphatic rings. The van der Waals surface area contributed by atoms with Crippen LogP contribution in [-0.4, -0.2) is 11.7 Å². The number of furan rings is 1. The zero-order valence-corrected chi connectivity index (χ0v) is 27.4. The zero-order valence-electron chi connectivity index (χ0n) is 27.4. The van der Waals surface area contributed by atoms with Gasteiger partial charge in [-0.1, -0.05) is 133 Å². The lowest BCUT2D eigenvalue weighted by molar-refractivity contribution is 0.664. The van der Waals surface area contributed by atoms with Gasteiger partial charge >= 0.3 is 0 Å². The van der Waals surface area contributed by atoms with E-state index in [2.05, 4.69) is 133 Å². The normalized spacial score (nSPS) is 17.0. The van der Waals surface area contributed by atoms with Crippen molar-refractivity contribution in [1.29, 1.82) is 0 Å². The number of aryl methyl sites for hydroxylation is 1. The van der Waals surface area contributed by atoms with Gasteiger partial charge in [-0.05, 0) is 81.3 Å². The van der Waals surface area contributed by atoms with Crippen molar-refractivity contribution in [3.63, 3.8) is 0 Å². The van der Waals surface area contributed by atoms with E-state index in [0.29, 0.717) is 5.84 Å². The molecular formula is C46H33N3O. The molecule has 2 unspecified atom stereocenters. The molecule has 1 N–H and O–H groups in total. The van der Waals surface area contributed by atoms with Gasteiger partial charge in [-0.3, -0.25) is 0 Å². The summed E-state index contributed by atoms with van der Waals surface area (Å²) in [4.78, 5) is 10.3. The Balaban J connectivity index is 1.18. The first kappa shape index (κ1) is 28.7. The second kappa shape index (κ2) is 11.7. The molecule has 4 nitrogen and oxygen atoms in total. The van der Waals surface area contributed by atoms with Crippen molar-refractivity contribution in [1.82, 2.24) is 5.32 Å². The smallest absolute Gasteiger partial charge is 0.159 e. The van der Waals surface area contributed by atoms with Gasteiger partial charge in [0.25, 0.3) is 0 Å². The van der Waals surface area contributed by atoms with E-state index in [9.17, 15) is 0 Å². The Labute approximate surface area is 290 Å². The molecule has 0 amide bonds. The Bertz CT molecular complexity index is 2630. The molecule has 0 bridgehead atoms. The van der Waals surface area contributed by atoms with Crippen molar-refractivity contribution in [3.8, 4) is 11.1 Å². The third-order valence-corrected chi connectivity index (χ3v) is 10.3. The molecule has 0 saturated carbocycles. The summed E-state index contributed by atoms with van der Waals surface area (Å²) in [6.07, 6.45) is 1.67. The van der Waals surface area contributed by atoms with Crippen LogP contribution in [0.3, 0.4) is 0 Å². The highest BCUT2D eigenvalue weighted by Gasteiger charge is 2.29. The Morgan fingerprint density at radius 3 is 2.16 bits per heavy atom. The summed E-state index contributed by atoms with van der Waals surface area (Å²) in [6.45, 7) is 0. The van der Waals surface area contributed by atoms with Crippen LogP contribution in [0.4, 0.5) is 0 Å². The first-order valence-corrected chi connectivity index (χ1v) is 17.4. The Kier molecular flexibility index (Phi) is 6.73. The van der Waals surface area contributed by atoms with Gasteiger partial charge in [0, 0.05) is 27.8 Å². The highest BCUT2D eigenvalue weighted by molar-refractivity contribution is 6.15. The molecule has 50 heavy (non-hydrogen) atoms. The van der Waals surface area contributed by atoms with Gasteiger partial charge in [0.1, 0.15) is 23.2 Å². The quantitative estimate of drug-likeness (QED) is 0.207. The van der Waals surface area contributed by atoms with Crippen molar-refractivity contribution >= 4 is 44.4 Å². The molecule has 10 rings (SSSR count). The molecule has 1 aliphatic heterocycles. The lowest BCUT2D eigenvalue weighted by Crippen LogP contribution is -2.33. The Morgan fingerprint density at radius 1 is 0.580 bits per heavy atom. The maximum absolute atomic E-state index is 6.66. The number of para-hydroxylation sites is 1. The second-order valence-electron chi connectivity index (χ2n) is 13.3. The van der Waals surface area contributed by atoms with Gasteiger partial charge in [-0.25, -0.2) is 9.98 Å². The fourth-order valence-corrected chi connectivity index (χ4v) is 7.99. The van der Waals surface area contributed by atoms with E-state index in [-0.39, 0.29) is 12.1 Å². The minimum atomic E-state index is -0.282. The van der Waals surface area contributed by atoms with E-state index in [4.69, 9.17) is 14.4 Å². The van der Waals surface area contributed by atoms with Crippen molar-refractivity contribution in [2.45, 2.75) is 24.9 Å². The number of aliphatic imine (C=N–C) groups is 2. The van der Waals surface area contributed by atoms with Crippen LogP contribution in [0.25, 0.3) is 43.8 Å². The summed E-state index contributed by atoms with van der Waals surface area (Å²) in [5, 5.41) is 8.58. The fraction of sp³-hybridized carbons (Fsp3) is 0.0870. The largest absolute Gasteiger partial charge is 0.456 e. The number of hydrogen-bond donors (Lipinski definition) is 1. The van der Waals surface area contributed by atoms with E-state index < -0.39 is 0 Å². The van der Waals surface area contributed by atoms with Gasteiger partial charge < -0.3 is 9.73 Å². The van der Waals surface area contributed by atoms with Gasteiger partial charge in [0.05, 0.1) is 0 Å². The number of fused-ring (bicyclic) bond motifs is 7. The van der Waals surface area contributed by atoms with Crippen LogP contribution in [-0.2, 0) is 6.42 Å². The fourth-order valence-electron chi connectivity index (χ4n) is 7.99. The first-order chi connectivity index (χ1) is 24.8. The van der Waals surface area contributed by atoms with E-state index in [1.807, 2.05) is 30.3 Å². The van der Waals surface area contributed by atoms with E-state index in [1.165, 1.54) is 44.0 Å². The number of amidine groups is 2. The van der Waals surface area contributed by atoms with Crippen molar-refractivity contribution < 1.29 is 4.42 Å². The van der Waals surface area contributed by atoms with E-state index in [1.54, 1.807) is 0 Å². The molecule has 0 saturated heterocycles. The molecule has 238 valence electrons. The van der Waals surface area contributed by atoms with Crippen molar-refractivity contribution in [2.75, 3.05) is 0 Å². The molecule has 1 aliphatic carbocycles. The standard InChI is InChI=1S/C46H33N3O/c1-3-13-29(14-4-1)44-47-45(30-15-5-2-6-16-30)49-46(48-44)34-27-40(43-38-21-11-12-22-41(38)50-42(43)28-34)37-24-23-33-25-31-17-7-8-18-32(31)26-39(33)36-20-10-9-19-35(36)37/h1-22,25-28,37,44H,23-24H2,(H,47,48,49). The number of benzene rings is 7. The number of nitrogens with zero attached hydrogens (tertiary/aromatic N) is 2. The minimum absolute atomic E-state index is 0.140. The summed E-state index contributed by atoms with van der Waals surface area (Å²) in [5.74, 6) is 1.64. The lowest BCUT2D eigenvalue weighted by Gasteiger charge is -2.25. The molecule has 0 radical (unpaired) electrons. The van der Waals surface area contributed by atoms with Crippen LogP contribution in [0.1, 0.15) is 51.9 Å². The predicted molar refractivity (Wildman–Crippen MR) is 205 cm³/mol. The molecule has 7 aromatic carbocycles. The summed E-state index contributed by atoms with van der Waals surface area (Å²) in [7, 11) is 0. The van der Waals surface area contributed by atoms with Gasteiger partial charge in [-0.2, -0.15) is 0 Å². The molecule has 2 heterocycles. The molecule has 4 heteroatoms. The van der Waals surface area contributed by atoms with E-state index >= 15 is 0 Å². The average Bonchev–Trinajstić information content (AvgIpc) is 3.49. The number of hydrogen-bond acceptors (Lipinski definition) is 4. The van der Waals surface area contributed by atoms with Crippen LogP contribution in [0, 0.1) is 0 Å². The van der Waals surface area contributed by atoms with Gasteiger partial charge in [0.2, 0.25) is 0 Å². The molecule has 8 aromatic rings. The second-order valence-corrected chi connectivity index (χ2v) is 13.3. The predicted octanol–water partition coefficient (Wildman–Crippen LogP) is 11.0. The highest BCUT2D eigenvalue weighted by atomic mass is 16.3. The Morgan fingerprint density at radius 2 is 1.30 bits per heavy atom. The van der Waals surface area contributed by atoms with Crippen LogP contribution >= 0.6 is 0 Å². The number of nitrogens with one attached hydrogen (secondary N) is 1. The summed E-state index contributed by atoms with van der Waals surface area (Å²) >= 11 is 0. The first-order valence-electron chi connectivity index (χ1n) is 17.4. The van der Waals surface area contributed by atoms with Crippen LogP contribution in [0.2, 0.25) is 0 Å². The zero-order chi connectivity index (χ0) is 33.0.